The molecule has 5 rings (SSSR count). The average molecular weight is 376 g/mol. The van der Waals surface area contributed by atoms with Gasteiger partial charge in [0.25, 0.3) is 0 Å². The van der Waals surface area contributed by atoms with Gasteiger partial charge in [0.2, 0.25) is 0 Å². The lowest BCUT2D eigenvalue weighted by Crippen LogP contribution is -2.36. The second-order valence-electron chi connectivity index (χ2n) is 7.32. The Morgan fingerprint density at radius 2 is 1.93 bits per heavy atom. The molecule has 142 valence electrons. The molecule has 0 aliphatic carbocycles. The van der Waals surface area contributed by atoms with E-state index in [0.717, 1.165) is 60.8 Å². The molecule has 1 atom stereocenters. The molecule has 0 radical (unpaired) electrons. The summed E-state index contributed by atoms with van der Waals surface area (Å²) in [5, 5.41) is 4.65. The van der Waals surface area contributed by atoms with E-state index in [1.165, 1.54) is 12.1 Å². The minimum Gasteiger partial charge on any atom is -0.440 e. The molecule has 0 saturated carbocycles. The van der Waals surface area contributed by atoms with Crippen LogP contribution >= 0.6 is 0 Å². The van der Waals surface area contributed by atoms with E-state index in [4.69, 9.17) is 4.42 Å². The van der Waals surface area contributed by atoms with Crippen molar-refractivity contribution in [1.29, 1.82) is 0 Å². The molecule has 0 bridgehead atoms. The fraction of sp³-hybridized carbons (Fsp3) is 0.273. The van der Waals surface area contributed by atoms with Crippen LogP contribution in [0.15, 0.2) is 65.2 Å². The fourth-order valence-electron chi connectivity index (χ4n) is 3.87. The predicted octanol–water partition coefficient (Wildman–Crippen LogP) is 4.67. The molecule has 1 saturated heterocycles. The number of benzene rings is 2. The predicted molar refractivity (Wildman–Crippen MR) is 105 cm³/mol. The van der Waals surface area contributed by atoms with Gasteiger partial charge in [0.05, 0.1) is 12.4 Å². The van der Waals surface area contributed by atoms with Gasteiger partial charge in [-0.05, 0) is 61.9 Å². The van der Waals surface area contributed by atoms with Crippen molar-refractivity contribution in [2.45, 2.75) is 25.4 Å². The van der Waals surface area contributed by atoms with E-state index in [2.05, 4.69) is 15.0 Å². The van der Waals surface area contributed by atoms with Crippen molar-refractivity contribution in [3.05, 3.63) is 72.5 Å². The number of halogens is 1. The third kappa shape index (κ3) is 3.43. The molecule has 0 N–H and O–H groups in total. The van der Waals surface area contributed by atoms with Crippen molar-refractivity contribution in [2.75, 3.05) is 13.1 Å². The first kappa shape index (κ1) is 17.1. The standard InChI is InChI=1S/C22H21FN4O/c23-18-9-7-16(8-10-18)19-11-13-27(25-19)15-26-12-3-4-17(14-26)22-24-20-5-1-2-6-21(20)28-22/h1-2,5-11,13,17H,3-4,12,14-15H2. The number of likely N-dealkylation sites (tertiary alicyclic amines) is 1. The summed E-state index contributed by atoms with van der Waals surface area (Å²) >= 11 is 0. The Bertz CT molecular complexity index is 1050. The summed E-state index contributed by atoms with van der Waals surface area (Å²) in [7, 11) is 0. The number of fused-ring (bicyclic) bond motifs is 1. The number of nitrogens with zero attached hydrogens (tertiary/aromatic N) is 4. The van der Waals surface area contributed by atoms with E-state index in [-0.39, 0.29) is 5.82 Å². The lowest BCUT2D eigenvalue weighted by atomic mass is 9.98. The van der Waals surface area contributed by atoms with Crippen LogP contribution in [0.25, 0.3) is 22.4 Å². The maximum atomic E-state index is 13.1. The number of hydrogen-bond donors (Lipinski definition) is 0. The van der Waals surface area contributed by atoms with E-state index >= 15 is 0 Å². The van der Waals surface area contributed by atoms with Crippen LogP contribution in [0.5, 0.6) is 0 Å². The summed E-state index contributed by atoms with van der Waals surface area (Å²) in [6, 6.07) is 16.3. The lowest BCUT2D eigenvalue weighted by Gasteiger charge is -2.30. The Hall–Kier alpha value is -2.99. The highest BCUT2D eigenvalue weighted by molar-refractivity contribution is 5.72. The van der Waals surface area contributed by atoms with Gasteiger partial charge < -0.3 is 4.42 Å². The molecule has 1 fully saturated rings. The van der Waals surface area contributed by atoms with E-state index in [1.807, 2.05) is 41.2 Å². The molecule has 28 heavy (non-hydrogen) atoms. The number of aromatic nitrogens is 3. The smallest absolute Gasteiger partial charge is 0.199 e. The minimum absolute atomic E-state index is 0.235. The summed E-state index contributed by atoms with van der Waals surface area (Å²) in [6.45, 7) is 2.65. The van der Waals surface area contributed by atoms with Crippen molar-refractivity contribution in [1.82, 2.24) is 19.7 Å². The second kappa shape index (κ2) is 7.20. The van der Waals surface area contributed by atoms with Gasteiger partial charge in [-0.1, -0.05) is 12.1 Å². The van der Waals surface area contributed by atoms with Gasteiger partial charge in [-0.15, -0.1) is 0 Å². The summed E-state index contributed by atoms with van der Waals surface area (Å²) in [5.74, 6) is 0.897. The Morgan fingerprint density at radius 1 is 1.07 bits per heavy atom. The molecule has 1 aliphatic heterocycles. The zero-order chi connectivity index (χ0) is 18.9. The highest BCUT2D eigenvalue weighted by Crippen LogP contribution is 2.29. The van der Waals surface area contributed by atoms with Gasteiger partial charge in [-0.25, -0.2) is 9.37 Å². The minimum atomic E-state index is -0.235. The highest BCUT2D eigenvalue weighted by atomic mass is 19.1. The van der Waals surface area contributed by atoms with Crippen molar-refractivity contribution >= 4 is 11.1 Å². The number of rotatable bonds is 4. The second-order valence-corrected chi connectivity index (χ2v) is 7.32. The maximum Gasteiger partial charge on any atom is 0.199 e. The van der Waals surface area contributed by atoms with Gasteiger partial charge in [0.1, 0.15) is 11.3 Å². The largest absolute Gasteiger partial charge is 0.440 e. The Kier molecular flexibility index (Phi) is 4.41. The molecule has 1 aliphatic rings. The van der Waals surface area contributed by atoms with Crippen LogP contribution in [0.2, 0.25) is 0 Å². The third-order valence-electron chi connectivity index (χ3n) is 5.29. The van der Waals surface area contributed by atoms with Gasteiger partial charge in [-0.3, -0.25) is 9.58 Å². The topological polar surface area (TPSA) is 47.1 Å². The van der Waals surface area contributed by atoms with Crippen molar-refractivity contribution in [2.24, 2.45) is 0 Å². The molecule has 2 aromatic carbocycles. The number of oxazole rings is 1. The van der Waals surface area contributed by atoms with Gasteiger partial charge in [-0.2, -0.15) is 5.10 Å². The molecular weight excluding hydrogens is 355 g/mol. The number of piperidine rings is 1. The van der Waals surface area contributed by atoms with Crippen molar-refractivity contribution in [3.63, 3.8) is 0 Å². The highest BCUT2D eigenvalue weighted by Gasteiger charge is 2.25. The fourth-order valence-corrected chi connectivity index (χ4v) is 3.87. The van der Waals surface area contributed by atoms with Gasteiger partial charge in [0, 0.05) is 24.2 Å². The molecule has 5 nitrogen and oxygen atoms in total. The van der Waals surface area contributed by atoms with Gasteiger partial charge >= 0.3 is 0 Å². The van der Waals surface area contributed by atoms with Crippen molar-refractivity contribution in [3.8, 4) is 11.3 Å². The van der Waals surface area contributed by atoms with E-state index in [1.54, 1.807) is 12.1 Å². The molecule has 6 heteroatoms. The van der Waals surface area contributed by atoms with Crippen molar-refractivity contribution < 1.29 is 8.81 Å². The zero-order valence-electron chi connectivity index (χ0n) is 15.5. The first-order valence-electron chi connectivity index (χ1n) is 9.62. The van der Waals surface area contributed by atoms with Crippen LogP contribution in [0.3, 0.4) is 0 Å². The summed E-state index contributed by atoms with van der Waals surface area (Å²) in [4.78, 5) is 7.06. The summed E-state index contributed by atoms with van der Waals surface area (Å²) in [5.41, 5.74) is 3.55. The molecule has 0 amide bonds. The Labute approximate surface area is 162 Å². The summed E-state index contributed by atoms with van der Waals surface area (Å²) in [6.07, 6.45) is 4.17. The van der Waals surface area contributed by atoms with E-state index < -0.39 is 0 Å². The Balaban J connectivity index is 1.28. The lowest BCUT2D eigenvalue weighted by molar-refractivity contribution is 0.149. The SMILES string of the molecule is Fc1ccc(-c2ccn(CN3CCCC(c4nc5ccccc5o4)C3)n2)cc1. The Morgan fingerprint density at radius 3 is 2.79 bits per heavy atom. The van der Waals surface area contributed by atoms with E-state index in [0.29, 0.717) is 5.92 Å². The molecule has 1 unspecified atom stereocenters. The normalized spacial score (nSPS) is 18.0. The van der Waals surface area contributed by atoms with Crippen LogP contribution in [-0.4, -0.2) is 32.8 Å². The number of hydrogen-bond acceptors (Lipinski definition) is 4. The van der Waals surface area contributed by atoms with Crippen LogP contribution in [0.1, 0.15) is 24.7 Å². The maximum absolute atomic E-state index is 13.1. The van der Waals surface area contributed by atoms with Crippen LogP contribution in [0, 0.1) is 5.82 Å². The van der Waals surface area contributed by atoms with Gasteiger partial charge in [0.15, 0.2) is 11.5 Å². The average Bonchev–Trinajstić information content (AvgIpc) is 3.36. The van der Waals surface area contributed by atoms with Crippen LogP contribution in [-0.2, 0) is 6.67 Å². The molecular formula is C22H21FN4O. The summed E-state index contributed by atoms with van der Waals surface area (Å²) < 4.78 is 21.0. The van der Waals surface area contributed by atoms with Crippen LogP contribution in [0.4, 0.5) is 4.39 Å². The van der Waals surface area contributed by atoms with Crippen LogP contribution < -0.4 is 0 Å². The first-order valence-corrected chi connectivity index (χ1v) is 9.62. The number of para-hydroxylation sites is 2. The molecule has 0 spiro atoms. The third-order valence-corrected chi connectivity index (χ3v) is 5.29. The molecule has 4 aromatic rings. The zero-order valence-corrected chi connectivity index (χ0v) is 15.5. The molecule has 2 aromatic heterocycles. The first-order chi connectivity index (χ1) is 13.7. The monoisotopic (exact) mass is 376 g/mol. The molecule has 3 heterocycles. The quantitative estimate of drug-likeness (QED) is 0.519. The van der Waals surface area contributed by atoms with E-state index in [9.17, 15) is 4.39 Å².